The number of Topliss-reactive ketones (excluding diaryl/α,β-unsaturated/α-hetero) is 1. The van der Waals surface area contributed by atoms with Gasteiger partial charge in [0.1, 0.15) is 23.2 Å². The Kier molecular flexibility index (Phi) is 2.93. The summed E-state index contributed by atoms with van der Waals surface area (Å²) in [6.45, 7) is 2.61. The lowest BCUT2D eigenvalue weighted by Gasteiger charge is -2.10. The first-order valence-corrected chi connectivity index (χ1v) is 4.08. The van der Waals surface area contributed by atoms with Crippen molar-refractivity contribution in [2.45, 2.75) is 19.8 Å². The van der Waals surface area contributed by atoms with Crippen LogP contribution in [0.4, 0.5) is 13.2 Å². The average Bonchev–Trinajstić information content (AvgIpc) is 2.01. The van der Waals surface area contributed by atoms with Gasteiger partial charge in [-0.2, -0.15) is 0 Å². The summed E-state index contributed by atoms with van der Waals surface area (Å²) in [5.74, 6) is -4.29. The van der Waals surface area contributed by atoms with Gasteiger partial charge in [-0.3, -0.25) is 4.79 Å². The van der Waals surface area contributed by atoms with E-state index in [9.17, 15) is 18.0 Å². The molecule has 4 heteroatoms. The van der Waals surface area contributed by atoms with Gasteiger partial charge in [-0.1, -0.05) is 6.92 Å². The van der Waals surface area contributed by atoms with Gasteiger partial charge in [0.25, 0.3) is 0 Å². The molecular formula is C10H9F3O. The molecule has 1 aromatic rings. The molecular weight excluding hydrogens is 193 g/mol. The molecule has 0 heterocycles. The monoisotopic (exact) mass is 202 g/mol. The van der Waals surface area contributed by atoms with E-state index in [1.165, 1.54) is 13.8 Å². The number of benzene rings is 1. The summed E-state index contributed by atoms with van der Waals surface area (Å²) in [6.07, 6.45) is 0. The van der Waals surface area contributed by atoms with E-state index in [1.807, 2.05) is 0 Å². The fraction of sp³-hybridized carbons (Fsp3) is 0.300. The van der Waals surface area contributed by atoms with Crippen LogP contribution in [0.1, 0.15) is 25.3 Å². The molecule has 0 aliphatic heterocycles. The first-order valence-electron chi connectivity index (χ1n) is 4.08. The van der Waals surface area contributed by atoms with E-state index in [0.717, 1.165) is 0 Å². The molecule has 1 aromatic carbocycles. The number of halogens is 3. The number of rotatable bonds is 2. The molecule has 0 fully saturated rings. The fourth-order valence-electron chi connectivity index (χ4n) is 1.17. The topological polar surface area (TPSA) is 17.1 Å². The number of carbonyl (C=O) groups excluding carboxylic acids is 1. The van der Waals surface area contributed by atoms with E-state index in [-0.39, 0.29) is 11.3 Å². The van der Waals surface area contributed by atoms with Crippen molar-refractivity contribution in [2.75, 3.05) is 0 Å². The van der Waals surface area contributed by atoms with Crippen molar-refractivity contribution in [3.05, 3.63) is 35.1 Å². The van der Waals surface area contributed by atoms with E-state index >= 15 is 0 Å². The fourth-order valence-corrected chi connectivity index (χ4v) is 1.17. The third-order valence-electron chi connectivity index (χ3n) is 2.09. The zero-order chi connectivity index (χ0) is 10.9. The second-order valence-corrected chi connectivity index (χ2v) is 3.12. The summed E-state index contributed by atoms with van der Waals surface area (Å²) in [7, 11) is 0. The van der Waals surface area contributed by atoms with Gasteiger partial charge in [0.15, 0.2) is 0 Å². The summed E-state index contributed by atoms with van der Waals surface area (Å²) in [4.78, 5) is 10.9. The van der Waals surface area contributed by atoms with Crippen molar-refractivity contribution in [3.8, 4) is 0 Å². The van der Waals surface area contributed by atoms with Crippen LogP contribution < -0.4 is 0 Å². The maximum absolute atomic E-state index is 13.1. The molecule has 1 nitrogen and oxygen atoms in total. The summed E-state index contributed by atoms with van der Waals surface area (Å²) < 4.78 is 38.7. The van der Waals surface area contributed by atoms with E-state index in [0.29, 0.717) is 12.1 Å². The second kappa shape index (κ2) is 3.82. The highest BCUT2D eigenvalue weighted by Gasteiger charge is 2.20. The van der Waals surface area contributed by atoms with E-state index < -0.39 is 23.4 Å². The number of ketones is 1. The van der Waals surface area contributed by atoms with Crippen molar-refractivity contribution < 1.29 is 18.0 Å². The van der Waals surface area contributed by atoms with Crippen molar-refractivity contribution in [1.29, 1.82) is 0 Å². The Bertz CT molecular complexity index is 351. The molecule has 1 atom stereocenters. The minimum Gasteiger partial charge on any atom is -0.299 e. The van der Waals surface area contributed by atoms with Gasteiger partial charge in [0, 0.05) is 23.6 Å². The largest absolute Gasteiger partial charge is 0.299 e. The lowest BCUT2D eigenvalue weighted by molar-refractivity contribution is -0.118. The van der Waals surface area contributed by atoms with Gasteiger partial charge in [0.2, 0.25) is 0 Å². The second-order valence-electron chi connectivity index (χ2n) is 3.12. The molecule has 76 valence electrons. The summed E-state index contributed by atoms with van der Waals surface area (Å²) in [5.41, 5.74) is -0.376. The quantitative estimate of drug-likeness (QED) is 0.720. The summed E-state index contributed by atoms with van der Waals surface area (Å²) in [6, 6.07) is 1.13. The summed E-state index contributed by atoms with van der Waals surface area (Å²) >= 11 is 0. The molecule has 0 N–H and O–H groups in total. The molecule has 14 heavy (non-hydrogen) atoms. The standard InChI is InChI=1S/C10H9F3O/c1-5(6(2)14)10-8(12)3-7(11)4-9(10)13/h3-5H,1-2H3. The van der Waals surface area contributed by atoms with Gasteiger partial charge in [-0.25, -0.2) is 13.2 Å². The van der Waals surface area contributed by atoms with Gasteiger partial charge in [-0.05, 0) is 6.92 Å². The number of hydrogen-bond donors (Lipinski definition) is 0. The Morgan fingerprint density at radius 1 is 1.21 bits per heavy atom. The lowest BCUT2D eigenvalue weighted by Crippen LogP contribution is -2.09. The van der Waals surface area contributed by atoms with Crippen LogP contribution in [0.15, 0.2) is 12.1 Å². The molecule has 0 aromatic heterocycles. The zero-order valence-electron chi connectivity index (χ0n) is 7.77. The third kappa shape index (κ3) is 1.95. The van der Waals surface area contributed by atoms with Crippen LogP contribution in [0.2, 0.25) is 0 Å². The zero-order valence-corrected chi connectivity index (χ0v) is 7.77. The maximum Gasteiger partial charge on any atom is 0.137 e. The van der Waals surface area contributed by atoms with Gasteiger partial charge in [0.05, 0.1) is 0 Å². The smallest absolute Gasteiger partial charge is 0.137 e. The first kappa shape index (κ1) is 10.8. The predicted molar refractivity (Wildman–Crippen MR) is 45.4 cm³/mol. The van der Waals surface area contributed by atoms with E-state index in [2.05, 4.69) is 0 Å². The number of hydrogen-bond acceptors (Lipinski definition) is 1. The minimum absolute atomic E-state index is 0.366. The predicted octanol–water partition coefficient (Wildman–Crippen LogP) is 2.80. The molecule has 0 aliphatic rings. The Labute approximate surface area is 79.5 Å². The highest BCUT2D eigenvalue weighted by atomic mass is 19.1. The minimum atomic E-state index is -1.02. The summed E-state index contributed by atoms with van der Waals surface area (Å²) in [5, 5.41) is 0. The van der Waals surface area contributed by atoms with Crippen LogP contribution in [-0.2, 0) is 4.79 Å². The van der Waals surface area contributed by atoms with Gasteiger partial charge >= 0.3 is 0 Å². The van der Waals surface area contributed by atoms with Crippen LogP contribution >= 0.6 is 0 Å². The maximum atomic E-state index is 13.1. The molecule has 0 amide bonds. The first-order chi connectivity index (χ1) is 6.43. The molecule has 0 saturated heterocycles. The Hall–Kier alpha value is -1.32. The Morgan fingerprint density at radius 2 is 1.64 bits per heavy atom. The van der Waals surface area contributed by atoms with Crippen molar-refractivity contribution in [2.24, 2.45) is 0 Å². The van der Waals surface area contributed by atoms with Crippen LogP contribution in [-0.4, -0.2) is 5.78 Å². The highest BCUT2D eigenvalue weighted by molar-refractivity contribution is 5.83. The number of carbonyl (C=O) groups is 1. The SMILES string of the molecule is CC(=O)C(C)c1c(F)cc(F)cc1F. The Balaban J connectivity index is 3.27. The molecule has 0 bridgehead atoms. The van der Waals surface area contributed by atoms with Crippen LogP contribution in [0.25, 0.3) is 0 Å². The molecule has 0 aliphatic carbocycles. The van der Waals surface area contributed by atoms with Crippen LogP contribution in [0.5, 0.6) is 0 Å². The van der Waals surface area contributed by atoms with Crippen molar-refractivity contribution >= 4 is 5.78 Å². The highest BCUT2D eigenvalue weighted by Crippen LogP contribution is 2.23. The molecule has 0 spiro atoms. The lowest BCUT2D eigenvalue weighted by atomic mass is 9.96. The van der Waals surface area contributed by atoms with Crippen LogP contribution in [0.3, 0.4) is 0 Å². The van der Waals surface area contributed by atoms with Gasteiger partial charge in [-0.15, -0.1) is 0 Å². The Morgan fingerprint density at radius 3 is 2.00 bits per heavy atom. The van der Waals surface area contributed by atoms with Crippen molar-refractivity contribution in [1.82, 2.24) is 0 Å². The van der Waals surface area contributed by atoms with Crippen molar-refractivity contribution in [3.63, 3.8) is 0 Å². The van der Waals surface area contributed by atoms with E-state index in [1.54, 1.807) is 0 Å². The molecule has 1 rings (SSSR count). The third-order valence-corrected chi connectivity index (χ3v) is 2.09. The van der Waals surface area contributed by atoms with Crippen LogP contribution in [0, 0.1) is 17.5 Å². The normalized spacial score (nSPS) is 12.6. The van der Waals surface area contributed by atoms with E-state index in [4.69, 9.17) is 0 Å². The molecule has 1 unspecified atom stereocenters. The molecule has 0 radical (unpaired) electrons. The van der Waals surface area contributed by atoms with Gasteiger partial charge < -0.3 is 0 Å². The average molecular weight is 202 g/mol. The molecule has 0 saturated carbocycles.